The van der Waals surface area contributed by atoms with Crippen LogP contribution < -0.4 is 5.32 Å². The Kier molecular flexibility index (Phi) is 6.08. The van der Waals surface area contributed by atoms with Gasteiger partial charge in [-0.2, -0.15) is 0 Å². The Morgan fingerprint density at radius 2 is 2.35 bits per heavy atom. The van der Waals surface area contributed by atoms with E-state index in [1.165, 1.54) is 6.08 Å². The van der Waals surface area contributed by atoms with Gasteiger partial charge in [0.05, 0.1) is 17.3 Å². The highest BCUT2D eigenvalue weighted by Crippen LogP contribution is 2.25. The van der Waals surface area contributed by atoms with E-state index in [1.807, 2.05) is 12.1 Å². The maximum absolute atomic E-state index is 11.0. The highest BCUT2D eigenvalue weighted by Gasteiger charge is 1.99. The standard InChI is InChI=1S/C12H13BrClNO2/c1-2-17-12(16)4-3-7-15-11-8-9(13)5-6-10(11)14/h3-6,8,15H,2,7H2,1H3/b4-3+. The topological polar surface area (TPSA) is 38.3 Å². The van der Waals surface area contributed by atoms with Crippen LogP contribution >= 0.6 is 27.5 Å². The van der Waals surface area contributed by atoms with Gasteiger partial charge < -0.3 is 10.1 Å². The summed E-state index contributed by atoms with van der Waals surface area (Å²) in [6.45, 7) is 2.66. The Balaban J connectivity index is 2.45. The summed E-state index contributed by atoms with van der Waals surface area (Å²) in [6.07, 6.45) is 3.08. The van der Waals surface area contributed by atoms with E-state index in [0.29, 0.717) is 18.2 Å². The summed E-state index contributed by atoms with van der Waals surface area (Å²) in [5.74, 6) is -0.338. The summed E-state index contributed by atoms with van der Waals surface area (Å²) in [4.78, 5) is 11.0. The molecule has 0 saturated heterocycles. The van der Waals surface area contributed by atoms with Gasteiger partial charge in [-0.05, 0) is 25.1 Å². The monoisotopic (exact) mass is 317 g/mol. The largest absolute Gasteiger partial charge is 0.463 e. The minimum atomic E-state index is -0.338. The van der Waals surface area contributed by atoms with Crippen molar-refractivity contribution in [2.24, 2.45) is 0 Å². The Morgan fingerprint density at radius 1 is 1.59 bits per heavy atom. The summed E-state index contributed by atoms with van der Waals surface area (Å²) < 4.78 is 5.69. The molecule has 0 spiro atoms. The van der Waals surface area contributed by atoms with Gasteiger partial charge in [-0.3, -0.25) is 0 Å². The van der Waals surface area contributed by atoms with Crippen molar-refractivity contribution in [3.05, 3.63) is 39.8 Å². The van der Waals surface area contributed by atoms with Crippen LogP contribution in [-0.2, 0) is 9.53 Å². The molecule has 1 aromatic carbocycles. The van der Waals surface area contributed by atoms with Crippen LogP contribution in [0.25, 0.3) is 0 Å². The molecule has 17 heavy (non-hydrogen) atoms. The van der Waals surface area contributed by atoms with E-state index in [1.54, 1.807) is 19.1 Å². The molecule has 0 amide bonds. The number of carbonyl (C=O) groups excluding carboxylic acids is 1. The average Bonchev–Trinajstić information content (AvgIpc) is 2.29. The molecule has 92 valence electrons. The first-order chi connectivity index (χ1) is 8.13. The van der Waals surface area contributed by atoms with Gasteiger partial charge in [-0.15, -0.1) is 0 Å². The zero-order valence-corrected chi connectivity index (χ0v) is 11.7. The fourth-order valence-electron chi connectivity index (χ4n) is 1.15. The van der Waals surface area contributed by atoms with Crippen LogP contribution in [0.15, 0.2) is 34.8 Å². The van der Waals surface area contributed by atoms with Crippen molar-refractivity contribution in [1.29, 1.82) is 0 Å². The van der Waals surface area contributed by atoms with Gasteiger partial charge in [0, 0.05) is 17.1 Å². The van der Waals surface area contributed by atoms with Gasteiger partial charge in [0.25, 0.3) is 0 Å². The maximum Gasteiger partial charge on any atom is 0.330 e. The van der Waals surface area contributed by atoms with Crippen molar-refractivity contribution in [1.82, 2.24) is 0 Å². The number of hydrogen-bond donors (Lipinski definition) is 1. The Hall–Kier alpha value is -1.000. The quantitative estimate of drug-likeness (QED) is 0.665. The molecule has 0 heterocycles. The van der Waals surface area contributed by atoms with Crippen LogP contribution in [0, 0.1) is 0 Å². The van der Waals surface area contributed by atoms with Crippen molar-refractivity contribution < 1.29 is 9.53 Å². The lowest BCUT2D eigenvalue weighted by Crippen LogP contribution is -2.02. The third-order valence-electron chi connectivity index (χ3n) is 1.88. The van der Waals surface area contributed by atoms with Crippen LogP contribution in [-0.4, -0.2) is 19.1 Å². The summed E-state index contributed by atoms with van der Waals surface area (Å²) in [5.41, 5.74) is 0.814. The summed E-state index contributed by atoms with van der Waals surface area (Å²) in [5, 5.41) is 3.73. The molecule has 0 aliphatic carbocycles. The fraction of sp³-hybridized carbons (Fsp3) is 0.250. The Morgan fingerprint density at radius 3 is 3.06 bits per heavy atom. The number of benzene rings is 1. The minimum Gasteiger partial charge on any atom is -0.463 e. The first kappa shape index (κ1) is 14.1. The van der Waals surface area contributed by atoms with E-state index in [9.17, 15) is 4.79 Å². The fourth-order valence-corrected chi connectivity index (χ4v) is 1.69. The zero-order valence-electron chi connectivity index (χ0n) is 9.37. The highest BCUT2D eigenvalue weighted by molar-refractivity contribution is 9.10. The molecule has 5 heteroatoms. The van der Waals surface area contributed by atoms with E-state index < -0.39 is 0 Å². The molecule has 3 nitrogen and oxygen atoms in total. The number of nitrogens with one attached hydrogen (secondary N) is 1. The molecule has 1 N–H and O–H groups in total. The molecular weight excluding hydrogens is 305 g/mol. The van der Waals surface area contributed by atoms with Gasteiger partial charge in [0.2, 0.25) is 0 Å². The Labute approximate surface area is 114 Å². The van der Waals surface area contributed by atoms with Crippen LogP contribution in [0.1, 0.15) is 6.92 Å². The van der Waals surface area contributed by atoms with Gasteiger partial charge >= 0.3 is 5.97 Å². The second-order valence-electron chi connectivity index (χ2n) is 3.16. The number of rotatable bonds is 5. The van der Waals surface area contributed by atoms with Crippen molar-refractivity contribution in [3.63, 3.8) is 0 Å². The van der Waals surface area contributed by atoms with E-state index in [0.717, 1.165) is 10.2 Å². The molecule has 1 rings (SSSR count). The molecule has 0 atom stereocenters. The molecule has 1 aromatic rings. The Bertz CT molecular complexity index is 421. The molecule has 0 aliphatic heterocycles. The van der Waals surface area contributed by atoms with Crippen molar-refractivity contribution >= 4 is 39.2 Å². The van der Waals surface area contributed by atoms with Crippen molar-refractivity contribution in [3.8, 4) is 0 Å². The molecule has 0 aromatic heterocycles. The van der Waals surface area contributed by atoms with E-state index in [4.69, 9.17) is 16.3 Å². The smallest absolute Gasteiger partial charge is 0.330 e. The van der Waals surface area contributed by atoms with E-state index in [-0.39, 0.29) is 5.97 Å². The number of halogens is 2. The van der Waals surface area contributed by atoms with E-state index in [2.05, 4.69) is 21.2 Å². The molecule has 0 saturated carbocycles. The molecule has 0 unspecified atom stereocenters. The first-order valence-corrected chi connectivity index (χ1v) is 6.32. The predicted octanol–water partition coefficient (Wildman–Crippen LogP) is 3.63. The molecular formula is C12H13BrClNO2. The van der Waals surface area contributed by atoms with Crippen molar-refractivity contribution in [2.45, 2.75) is 6.92 Å². The van der Waals surface area contributed by atoms with Crippen LogP contribution in [0.3, 0.4) is 0 Å². The van der Waals surface area contributed by atoms with E-state index >= 15 is 0 Å². The lowest BCUT2D eigenvalue weighted by molar-refractivity contribution is -0.137. The summed E-state index contributed by atoms with van der Waals surface area (Å²) >= 11 is 9.35. The minimum absolute atomic E-state index is 0.338. The van der Waals surface area contributed by atoms with Gasteiger partial charge in [-0.25, -0.2) is 4.79 Å². The molecule has 0 fully saturated rings. The van der Waals surface area contributed by atoms with Gasteiger partial charge in [-0.1, -0.05) is 33.6 Å². The molecule has 0 aliphatic rings. The lowest BCUT2D eigenvalue weighted by Gasteiger charge is -2.06. The average molecular weight is 319 g/mol. The third kappa shape index (κ3) is 5.24. The van der Waals surface area contributed by atoms with Crippen molar-refractivity contribution in [2.75, 3.05) is 18.5 Å². The first-order valence-electron chi connectivity index (χ1n) is 5.15. The number of esters is 1. The number of carbonyl (C=O) groups is 1. The number of ether oxygens (including phenoxy) is 1. The number of anilines is 1. The van der Waals surface area contributed by atoms with Crippen LogP contribution in [0.5, 0.6) is 0 Å². The number of hydrogen-bond acceptors (Lipinski definition) is 3. The molecule has 0 bridgehead atoms. The normalized spacial score (nSPS) is 10.5. The SMILES string of the molecule is CCOC(=O)/C=C/CNc1cc(Br)ccc1Cl. The van der Waals surface area contributed by atoms with Gasteiger partial charge in [0.15, 0.2) is 0 Å². The lowest BCUT2D eigenvalue weighted by atomic mass is 10.3. The maximum atomic E-state index is 11.0. The third-order valence-corrected chi connectivity index (χ3v) is 2.70. The van der Waals surface area contributed by atoms with Crippen LogP contribution in [0.2, 0.25) is 5.02 Å². The summed E-state index contributed by atoms with van der Waals surface area (Å²) in [7, 11) is 0. The highest BCUT2D eigenvalue weighted by atomic mass is 79.9. The van der Waals surface area contributed by atoms with Gasteiger partial charge in [0.1, 0.15) is 0 Å². The second-order valence-corrected chi connectivity index (χ2v) is 4.48. The summed E-state index contributed by atoms with van der Waals surface area (Å²) in [6, 6.07) is 5.53. The van der Waals surface area contributed by atoms with Crippen LogP contribution in [0.4, 0.5) is 5.69 Å². The molecule has 0 radical (unpaired) electrons. The zero-order chi connectivity index (χ0) is 12.7. The second kappa shape index (κ2) is 7.35. The predicted molar refractivity (Wildman–Crippen MR) is 73.4 cm³/mol.